The van der Waals surface area contributed by atoms with Gasteiger partial charge in [-0.1, -0.05) is 13.8 Å². The fourth-order valence-electron chi connectivity index (χ4n) is 3.25. The molecule has 7 nitrogen and oxygen atoms in total. The normalized spacial score (nSPS) is 21.1. The van der Waals surface area contributed by atoms with Gasteiger partial charge in [-0.25, -0.2) is 4.98 Å². The van der Waals surface area contributed by atoms with E-state index in [9.17, 15) is 9.59 Å². The van der Waals surface area contributed by atoms with Crippen molar-refractivity contribution < 1.29 is 14.3 Å². The van der Waals surface area contributed by atoms with Crippen molar-refractivity contribution in [3.63, 3.8) is 0 Å². The number of pyridine rings is 1. The minimum absolute atomic E-state index is 0.0645. The predicted molar refractivity (Wildman–Crippen MR) is 95.4 cm³/mol. The van der Waals surface area contributed by atoms with Crippen LogP contribution in [0.4, 0.5) is 11.5 Å². The quantitative estimate of drug-likeness (QED) is 0.871. The highest BCUT2D eigenvalue weighted by molar-refractivity contribution is 5.97. The van der Waals surface area contributed by atoms with Gasteiger partial charge in [0, 0.05) is 32.6 Å². The van der Waals surface area contributed by atoms with E-state index >= 15 is 0 Å². The molecule has 2 aliphatic rings. The van der Waals surface area contributed by atoms with Gasteiger partial charge in [0.15, 0.2) is 0 Å². The maximum absolute atomic E-state index is 12.4. The molecule has 7 heteroatoms. The lowest BCUT2D eigenvalue weighted by molar-refractivity contribution is -0.128. The highest BCUT2D eigenvalue weighted by Crippen LogP contribution is 2.21. The Morgan fingerprint density at radius 3 is 2.76 bits per heavy atom. The molecular weight excluding hydrogens is 320 g/mol. The molecule has 136 valence electrons. The molecule has 2 amide bonds. The minimum Gasteiger partial charge on any atom is -0.378 e. The summed E-state index contributed by atoms with van der Waals surface area (Å²) in [6.45, 7) is 8.43. The van der Waals surface area contributed by atoms with Gasteiger partial charge in [-0.15, -0.1) is 0 Å². The van der Waals surface area contributed by atoms with Gasteiger partial charge in [-0.2, -0.15) is 0 Å². The zero-order valence-corrected chi connectivity index (χ0v) is 14.9. The average Bonchev–Trinajstić information content (AvgIpc) is 2.96. The van der Waals surface area contributed by atoms with Crippen LogP contribution in [0.15, 0.2) is 18.3 Å². The van der Waals surface area contributed by atoms with Gasteiger partial charge in [0.05, 0.1) is 31.0 Å². The molecule has 1 aromatic rings. The van der Waals surface area contributed by atoms with E-state index in [1.54, 1.807) is 11.1 Å². The molecule has 2 fully saturated rings. The topological polar surface area (TPSA) is 74.8 Å². The van der Waals surface area contributed by atoms with E-state index in [1.807, 2.05) is 12.1 Å². The fraction of sp³-hybridized carbons (Fsp3) is 0.611. The molecule has 0 unspecified atom stereocenters. The van der Waals surface area contributed by atoms with Gasteiger partial charge in [0.1, 0.15) is 5.82 Å². The summed E-state index contributed by atoms with van der Waals surface area (Å²) in [4.78, 5) is 32.8. The smallest absolute Gasteiger partial charge is 0.229 e. The molecule has 1 atom stereocenters. The average molecular weight is 346 g/mol. The van der Waals surface area contributed by atoms with E-state index in [2.05, 4.69) is 29.0 Å². The second kappa shape index (κ2) is 7.82. The van der Waals surface area contributed by atoms with Crippen molar-refractivity contribution >= 4 is 23.3 Å². The number of anilines is 2. The Morgan fingerprint density at radius 1 is 1.36 bits per heavy atom. The summed E-state index contributed by atoms with van der Waals surface area (Å²) in [6, 6.07) is 3.77. The second-order valence-corrected chi connectivity index (χ2v) is 7.09. The highest BCUT2D eigenvalue weighted by Gasteiger charge is 2.34. The number of carbonyl (C=O) groups is 2. The zero-order chi connectivity index (χ0) is 17.8. The van der Waals surface area contributed by atoms with Gasteiger partial charge in [0.2, 0.25) is 11.8 Å². The van der Waals surface area contributed by atoms with Crippen LogP contribution in [0.1, 0.15) is 20.3 Å². The van der Waals surface area contributed by atoms with E-state index < -0.39 is 0 Å². The Balaban J connectivity index is 1.55. The van der Waals surface area contributed by atoms with Gasteiger partial charge >= 0.3 is 0 Å². The monoisotopic (exact) mass is 346 g/mol. The van der Waals surface area contributed by atoms with Crippen LogP contribution in [-0.2, 0) is 14.3 Å². The summed E-state index contributed by atoms with van der Waals surface area (Å²) in [6.07, 6.45) is 1.96. The van der Waals surface area contributed by atoms with Crippen molar-refractivity contribution in [3.05, 3.63) is 18.3 Å². The Hall–Kier alpha value is -2.15. The molecule has 1 aromatic heterocycles. The van der Waals surface area contributed by atoms with Crippen LogP contribution in [0.5, 0.6) is 0 Å². The van der Waals surface area contributed by atoms with Crippen molar-refractivity contribution in [2.75, 3.05) is 49.6 Å². The molecule has 3 heterocycles. The SMILES string of the molecule is CC(C)CN1C[C@@H](C(=O)Nc2ccc(N3CCOCC3)nc2)CC1=O. The number of nitrogens with one attached hydrogen (secondary N) is 1. The lowest BCUT2D eigenvalue weighted by atomic mass is 10.1. The molecule has 2 aliphatic heterocycles. The molecule has 0 saturated carbocycles. The summed E-state index contributed by atoms with van der Waals surface area (Å²) in [5.41, 5.74) is 0.664. The first kappa shape index (κ1) is 17.7. The zero-order valence-electron chi connectivity index (χ0n) is 14.9. The third-order valence-electron chi connectivity index (χ3n) is 4.52. The van der Waals surface area contributed by atoms with Crippen molar-refractivity contribution in [2.24, 2.45) is 11.8 Å². The predicted octanol–water partition coefficient (Wildman–Crippen LogP) is 1.36. The number of likely N-dealkylation sites (tertiary alicyclic amines) is 1. The number of ether oxygens (including phenoxy) is 1. The Kier molecular flexibility index (Phi) is 5.53. The number of nitrogens with zero attached hydrogens (tertiary/aromatic N) is 3. The molecule has 2 saturated heterocycles. The Labute approximate surface area is 148 Å². The van der Waals surface area contributed by atoms with E-state index in [0.29, 0.717) is 37.9 Å². The standard InChI is InChI=1S/C18H26N4O3/c1-13(2)11-22-12-14(9-17(22)23)18(24)20-15-3-4-16(19-10-15)21-5-7-25-8-6-21/h3-4,10,13-14H,5-9,11-12H2,1-2H3,(H,20,24)/t14-/m0/s1. The molecule has 0 aliphatic carbocycles. The molecule has 1 N–H and O–H groups in total. The first-order valence-electron chi connectivity index (χ1n) is 8.90. The van der Waals surface area contributed by atoms with E-state index in [0.717, 1.165) is 18.9 Å². The molecule has 0 aromatic carbocycles. The van der Waals surface area contributed by atoms with Crippen LogP contribution in [-0.4, -0.2) is 61.1 Å². The lowest BCUT2D eigenvalue weighted by Crippen LogP contribution is -2.36. The van der Waals surface area contributed by atoms with Crippen LogP contribution in [0, 0.1) is 11.8 Å². The number of aromatic nitrogens is 1. The first-order valence-corrected chi connectivity index (χ1v) is 8.90. The van der Waals surface area contributed by atoms with Crippen LogP contribution < -0.4 is 10.2 Å². The fourth-order valence-corrected chi connectivity index (χ4v) is 3.25. The largest absolute Gasteiger partial charge is 0.378 e. The first-order chi connectivity index (χ1) is 12.0. The number of rotatable bonds is 5. The Bertz CT molecular complexity index is 611. The molecule has 25 heavy (non-hydrogen) atoms. The van der Waals surface area contributed by atoms with Gasteiger partial charge in [-0.05, 0) is 18.1 Å². The maximum atomic E-state index is 12.4. The van der Waals surface area contributed by atoms with E-state index in [-0.39, 0.29) is 24.2 Å². The van der Waals surface area contributed by atoms with Gasteiger partial charge < -0.3 is 19.9 Å². The van der Waals surface area contributed by atoms with Gasteiger partial charge in [0.25, 0.3) is 0 Å². The van der Waals surface area contributed by atoms with Crippen molar-refractivity contribution in [3.8, 4) is 0 Å². The third-order valence-corrected chi connectivity index (χ3v) is 4.52. The van der Waals surface area contributed by atoms with Gasteiger partial charge in [-0.3, -0.25) is 9.59 Å². The molecular formula is C18H26N4O3. The van der Waals surface area contributed by atoms with Crippen LogP contribution >= 0.6 is 0 Å². The molecule has 3 rings (SSSR count). The number of hydrogen-bond acceptors (Lipinski definition) is 5. The summed E-state index contributed by atoms with van der Waals surface area (Å²) in [7, 11) is 0. The maximum Gasteiger partial charge on any atom is 0.229 e. The van der Waals surface area contributed by atoms with Crippen LogP contribution in [0.2, 0.25) is 0 Å². The molecule has 0 bridgehead atoms. The third kappa shape index (κ3) is 4.48. The number of amides is 2. The highest BCUT2D eigenvalue weighted by atomic mass is 16.5. The van der Waals surface area contributed by atoms with Crippen molar-refractivity contribution in [1.82, 2.24) is 9.88 Å². The summed E-state index contributed by atoms with van der Waals surface area (Å²) in [5.74, 6) is 0.962. The lowest BCUT2D eigenvalue weighted by Gasteiger charge is -2.27. The summed E-state index contributed by atoms with van der Waals surface area (Å²) >= 11 is 0. The van der Waals surface area contributed by atoms with Crippen LogP contribution in [0.3, 0.4) is 0 Å². The van der Waals surface area contributed by atoms with Crippen molar-refractivity contribution in [2.45, 2.75) is 20.3 Å². The summed E-state index contributed by atoms with van der Waals surface area (Å²) in [5, 5.41) is 2.88. The van der Waals surface area contributed by atoms with E-state index in [1.165, 1.54) is 0 Å². The number of morpholine rings is 1. The second-order valence-electron chi connectivity index (χ2n) is 7.09. The Morgan fingerprint density at radius 2 is 2.12 bits per heavy atom. The minimum atomic E-state index is -0.287. The molecule has 0 radical (unpaired) electrons. The number of carbonyl (C=O) groups excluding carboxylic acids is 2. The molecule has 0 spiro atoms. The number of hydrogen-bond donors (Lipinski definition) is 1. The van der Waals surface area contributed by atoms with Crippen LogP contribution in [0.25, 0.3) is 0 Å². The van der Waals surface area contributed by atoms with E-state index in [4.69, 9.17) is 4.74 Å². The van der Waals surface area contributed by atoms with Crippen molar-refractivity contribution in [1.29, 1.82) is 0 Å². The summed E-state index contributed by atoms with van der Waals surface area (Å²) < 4.78 is 5.34.